The van der Waals surface area contributed by atoms with Gasteiger partial charge in [0.2, 0.25) is 0 Å². The van der Waals surface area contributed by atoms with E-state index in [0.29, 0.717) is 6.10 Å². The number of hydrogen-bond donors (Lipinski definition) is 2. The van der Waals surface area contributed by atoms with Crippen LogP contribution in [0.2, 0.25) is 0 Å². The summed E-state index contributed by atoms with van der Waals surface area (Å²) in [5.41, 5.74) is 8.71. The Kier molecular flexibility index (Phi) is 4.74. The van der Waals surface area contributed by atoms with Gasteiger partial charge in [-0.05, 0) is 55.5 Å². The third-order valence-corrected chi connectivity index (χ3v) is 3.83. The fourth-order valence-electron chi connectivity index (χ4n) is 2.65. The highest BCUT2D eigenvalue weighted by atomic mass is 16.5. The van der Waals surface area contributed by atoms with Crippen LogP contribution in [-0.4, -0.2) is 6.10 Å². The molecule has 2 aromatic rings. The van der Waals surface area contributed by atoms with Gasteiger partial charge in [0.15, 0.2) is 0 Å². The van der Waals surface area contributed by atoms with E-state index in [1.807, 2.05) is 30.3 Å². The summed E-state index contributed by atoms with van der Waals surface area (Å²) >= 11 is 0. The zero-order chi connectivity index (χ0) is 14.3. The first-order valence-electron chi connectivity index (χ1n) is 7.70. The molecule has 21 heavy (non-hydrogen) atoms. The van der Waals surface area contributed by atoms with Crippen molar-refractivity contribution in [2.45, 2.75) is 38.3 Å². The molecule has 1 saturated carbocycles. The first-order chi connectivity index (χ1) is 10.4. The molecular formula is C18H22N2O. The summed E-state index contributed by atoms with van der Waals surface area (Å²) in [4.78, 5) is 0. The van der Waals surface area contributed by atoms with E-state index < -0.39 is 0 Å². The summed E-state index contributed by atoms with van der Waals surface area (Å²) in [5, 5.41) is 0. The largest absolute Gasteiger partial charge is 0.490 e. The van der Waals surface area contributed by atoms with Gasteiger partial charge in [-0.25, -0.2) is 5.43 Å². The molecule has 3 heteroatoms. The van der Waals surface area contributed by atoms with Crippen molar-refractivity contribution in [2.24, 2.45) is 0 Å². The zero-order valence-corrected chi connectivity index (χ0v) is 12.2. The first kappa shape index (κ1) is 14.0. The van der Waals surface area contributed by atoms with Crippen LogP contribution in [0.1, 0.15) is 31.2 Å². The highest BCUT2D eigenvalue weighted by molar-refractivity contribution is 5.41. The van der Waals surface area contributed by atoms with Gasteiger partial charge in [-0.2, -0.15) is 0 Å². The minimum absolute atomic E-state index is 0.425. The number of benzene rings is 2. The molecule has 2 aromatic carbocycles. The van der Waals surface area contributed by atoms with Crippen molar-refractivity contribution in [1.29, 1.82) is 0 Å². The molecule has 1 aliphatic rings. The molecule has 0 saturated heterocycles. The van der Waals surface area contributed by atoms with Crippen LogP contribution in [0.5, 0.6) is 5.75 Å². The number of ether oxygens (including phenoxy) is 1. The van der Waals surface area contributed by atoms with Crippen molar-refractivity contribution >= 4 is 5.69 Å². The molecule has 3 nitrogen and oxygen atoms in total. The van der Waals surface area contributed by atoms with E-state index in [1.165, 1.54) is 31.2 Å². The average Bonchev–Trinajstić information content (AvgIpc) is 3.03. The average molecular weight is 282 g/mol. The number of hydrazine groups is 1. The molecule has 0 spiro atoms. The van der Waals surface area contributed by atoms with Gasteiger partial charge >= 0.3 is 0 Å². The standard InChI is InChI=1S/C18H22N2O/c1-2-6-16(7-3-1)20-19-14-15-10-12-18(13-11-15)21-17-8-4-5-9-17/h1-3,6-7,10-13,17,19-20H,4-5,8-9,14H2. The maximum absolute atomic E-state index is 5.97. The molecule has 0 unspecified atom stereocenters. The van der Waals surface area contributed by atoms with E-state index in [9.17, 15) is 0 Å². The minimum atomic E-state index is 0.425. The lowest BCUT2D eigenvalue weighted by molar-refractivity contribution is 0.210. The summed E-state index contributed by atoms with van der Waals surface area (Å²) in [6.45, 7) is 0.776. The number of nitrogens with one attached hydrogen (secondary N) is 2. The molecule has 0 radical (unpaired) electrons. The molecule has 3 rings (SSSR count). The van der Waals surface area contributed by atoms with Crippen LogP contribution in [0.4, 0.5) is 5.69 Å². The second kappa shape index (κ2) is 7.14. The number of rotatable bonds is 6. The van der Waals surface area contributed by atoms with Gasteiger partial charge in [0, 0.05) is 12.2 Å². The van der Waals surface area contributed by atoms with E-state index in [0.717, 1.165) is 18.0 Å². The molecule has 1 aliphatic carbocycles. The third-order valence-electron chi connectivity index (χ3n) is 3.83. The van der Waals surface area contributed by atoms with Crippen molar-refractivity contribution in [2.75, 3.05) is 5.43 Å². The van der Waals surface area contributed by atoms with E-state index in [2.05, 4.69) is 35.1 Å². The number of hydrogen-bond acceptors (Lipinski definition) is 3. The second-order valence-corrected chi connectivity index (χ2v) is 5.51. The third kappa shape index (κ3) is 4.23. The van der Waals surface area contributed by atoms with Crippen LogP contribution >= 0.6 is 0 Å². The Morgan fingerprint density at radius 3 is 2.33 bits per heavy atom. The molecule has 0 atom stereocenters. The lowest BCUT2D eigenvalue weighted by Gasteiger charge is -2.13. The van der Waals surface area contributed by atoms with Crippen LogP contribution in [0, 0.1) is 0 Å². The van der Waals surface area contributed by atoms with E-state index >= 15 is 0 Å². The van der Waals surface area contributed by atoms with E-state index in [4.69, 9.17) is 4.74 Å². The molecule has 0 aliphatic heterocycles. The summed E-state index contributed by atoms with van der Waals surface area (Å²) in [6, 6.07) is 18.5. The lowest BCUT2D eigenvalue weighted by atomic mass is 10.2. The quantitative estimate of drug-likeness (QED) is 0.782. The summed E-state index contributed by atoms with van der Waals surface area (Å²) in [5.74, 6) is 0.988. The highest BCUT2D eigenvalue weighted by Crippen LogP contribution is 2.24. The van der Waals surface area contributed by atoms with Crippen LogP contribution in [0.25, 0.3) is 0 Å². The lowest BCUT2D eigenvalue weighted by Crippen LogP contribution is -2.20. The Bertz CT molecular complexity index is 533. The second-order valence-electron chi connectivity index (χ2n) is 5.51. The number of para-hydroxylation sites is 1. The molecule has 110 valence electrons. The van der Waals surface area contributed by atoms with Gasteiger partial charge in [0.25, 0.3) is 0 Å². The summed E-state index contributed by atoms with van der Waals surface area (Å²) < 4.78 is 5.97. The Labute approximate surface area is 126 Å². The minimum Gasteiger partial charge on any atom is -0.490 e. The highest BCUT2D eigenvalue weighted by Gasteiger charge is 2.16. The molecule has 1 fully saturated rings. The SMILES string of the molecule is c1ccc(NNCc2ccc(OC3CCCC3)cc2)cc1. The van der Waals surface area contributed by atoms with Gasteiger partial charge in [-0.3, -0.25) is 0 Å². The first-order valence-corrected chi connectivity index (χ1v) is 7.70. The molecule has 0 amide bonds. The van der Waals surface area contributed by atoms with Gasteiger partial charge in [-0.1, -0.05) is 30.3 Å². The maximum atomic E-state index is 5.97. The van der Waals surface area contributed by atoms with E-state index in [1.54, 1.807) is 0 Å². The Morgan fingerprint density at radius 2 is 1.62 bits per heavy atom. The van der Waals surface area contributed by atoms with Gasteiger partial charge in [0.1, 0.15) is 5.75 Å². The predicted octanol–water partition coefficient (Wildman–Crippen LogP) is 4.12. The Morgan fingerprint density at radius 1 is 0.905 bits per heavy atom. The van der Waals surface area contributed by atoms with Crippen molar-refractivity contribution in [1.82, 2.24) is 5.43 Å². The van der Waals surface area contributed by atoms with Gasteiger partial charge < -0.3 is 10.2 Å². The molecule has 0 aromatic heterocycles. The van der Waals surface area contributed by atoms with Crippen molar-refractivity contribution in [3.05, 3.63) is 60.2 Å². The van der Waals surface area contributed by atoms with Crippen LogP contribution in [-0.2, 0) is 6.54 Å². The smallest absolute Gasteiger partial charge is 0.119 e. The normalized spacial score (nSPS) is 15.0. The molecular weight excluding hydrogens is 260 g/mol. The predicted molar refractivity (Wildman–Crippen MR) is 86.2 cm³/mol. The molecule has 2 N–H and O–H groups in total. The van der Waals surface area contributed by atoms with Crippen LogP contribution < -0.4 is 15.6 Å². The van der Waals surface area contributed by atoms with Crippen molar-refractivity contribution in [3.63, 3.8) is 0 Å². The van der Waals surface area contributed by atoms with Crippen molar-refractivity contribution in [3.8, 4) is 5.75 Å². The fourth-order valence-corrected chi connectivity index (χ4v) is 2.65. The summed E-state index contributed by atoms with van der Waals surface area (Å²) in [7, 11) is 0. The molecule has 0 bridgehead atoms. The Balaban J connectivity index is 1.45. The topological polar surface area (TPSA) is 33.3 Å². The Hall–Kier alpha value is -2.00. The number of anilines is 1. The van der Waals surface area contributed by atoms with Crippen LogP contribution in [0.15, 0.2) is 54.6 Å². The zero-order valence-electron chi connectivity index (χ0n) is 12.2. The fraction of sp³-hybridized carbons (Fsp3) is 0.333. The molecule has 0 heterocycles. The maximum Gasteiger partial charge on any atom is 0.119 e. The monoisotopic (exact) mass is 282 g/mol. The van der Waals surface area contributed by atoms with E-state index in [-0.39, 0.29) is 0 Å². The summed E-state index contributed by atoms with van der Waals surface area (Å²) in [6.07, 6.45) is 5.43. The van der Waals surface area contributed by atoms with Crippen LogP contribution in [0.3, 0.4) is 0 Å². The van der Waals surface area contributed by atoms with Gasteiger partial charge in [-0.15, -0.1) is 0 Å². The van der Waals surface area contributed by atoms with Crippen molar-refractivity contribution < 1.29 is 4.74 Å². The van der Waals surface area contributed by atoms with Gasteiger partial charge in [0.05, 0.1) is 6.10 Å².